The van der Waals surface area contributed by atoms with E-state index in [1.807, 2.05) is 29.4 Å². The number of hydrogen-bond donors (Lipinski definition) is 1. The van der Waals surface area contributed by atoms with Gasteiger partial charge in [-0.25, -0.2) is 0 Å². The number of aromatic nitrogens is 2. The Morgan fingerprint density at radius 2 is 1.79 bits per heavy atom. The van der Waals surface area contributed by atoms with Gasteiger partial charge in [0, 0.05) is 12.0 Å². The standard InChI is InChI=1S/C14H15F3N2/c1-9(2)11-5-3-10(4-6-11)7-12-8-18-19-13(12)14(15,16)17/h3-6,8-9H,7H2,1-2H3,(H,18,19). The summed E-state index contributed by atoms with van der Waals surface area (Å²) in [5, 5.41) is 5.51. The molecule has 0 atom stereocenters. The summed E-state index contributed by atoms with van der Waals surface area (Å²) < 4.78 is 38.0. The van der Waals surface area contributed by atoms with E-state index in [1.165, 1.54) is 11.8 Å². The average Bonchev–Trinajstić information content (AvgIpc) is 2.77. The Morgan fingerprint density at radius 1 is 1.16 bits per heavy atom. The van der Waals surface area contributed by atoms with Crippen LogP contribution in [-0.4, -0.2) is 10.2 Å². The Kier molecular flexibility index (Phi) is 3.64. The Bertz CT molecular complexity index is 539. The Morgan fingerprint density at radius 3 is 2.32 bits per heavy atom. The van der Waals surface area contributed by atoms with Gasteiger partial charge in [0.1, 0.15) is 5.69 Å². The number of nitrogens with zero attached hydrogens (tertiary/aromatic N) is 1. The highest BCUT2D eigenvalue weighted by Gasteiger charge is 2.35. The molecule has 19 heavy (non-hydrogen) atoms. The predicted molar refractivity (Wildman–Crippen MR) is 66.9 cm³/mol. The lowest BCUT2D eigenvalue weighted by Gasteiger charge is -2.08. The zero-order chi connectivity index (χ0) is 14.0. The first-order chi connectivity index (χ1) is 8.88. The first kappa shape index (κ1) is 13.6. The van der Waals surface area contributed by atoms with Crippen molar-refractivity contribution in [3.63, 3.8) is 0 Å². The molecule has 5 heteroatoms. The van der Waals surface area contributed by atoms with Crippen molar-refractivity contribution in [1.29, 1.82) is 0 Å². The molecule has 2 nitrogen and oxygen atoms in total. The molecule has 0 unspecified atom stereocenters. The zero-order valence-corrected chi connectivity index (χ0v) is 10.8. The van der Waals surface area contributed by atoms with Crippen LogP contribution in [0.2, 0.25) is 0 Å². The Hall–Kier alpha value is -1.78. The third-order valence-corrected chi connectivity index (χ3v) is 3.04. The van der Waals surface area contributed by atoms with Crippen LogP contribution in [0.15, 0.2) is 30.5 Å². The quantitative estimate of drug-likeness (QED) is 0.890. The number of nitrogens with one attached hydrogen (secondary N) is 1. The summed E-state index contributed by atoms with van der Waals surface area (Å²) in [6.45, 7) is 4.15. The number of alkyl halides is 3. The van der Waals surface area contributed by atoms with Gasteiger partial charge in [0.2, 0.25) is 0 Å². The molecule has 0 spiro atoms. The SMILES string of the molecule is CC(C)c1ccc(Cc2cn[nH]c2C(F)(F)F)cc1. The van der Waals surface area contributed by atoms with Crippen molar-refractivity contribution in [3.05, 3.63) is 52.8 Å². The molecular weight excluding hydrogens is 253 g/mol. The fraction of sp³-hybridized carbons (Fsp3) is 0.357. The molecule has 0 aliphatic rings. The highest BCUT2D eigenvalue weighted by Crippen LogP contribution is 2.31. The lowest BCUT2D eigenvalue weighted by molar-refractivity contribution is -0.141. The predicted octanol–water partition coefficient (Wildman–Crippen LogP) is 4.14. The first-order valence-electron chi connectivity index (χ1n) is 6.06. The van der Waals surface area contributed by atoms with E-state index in [2.05, 4.69) is 18.9 Å². The molecule has 0 amide bonds. The van der Waals surface area contributed by atoms with Gasteiger partial charge in [-0.1, -0.05) is 38.1 Å². The number of hydrogen-bond acceptors (Lipinski definition) is 1. The van der Waals surface area contributed by atoms with Gasteiger partial charge in [-0.15, -0.1) is 0 Å². The molecule has 2 rings (SSSR count). The van der Waals surface area contributed by atoms with Gasteiger partial charge in [-0.3, -0.25) is 5.10 Å². The summed E-state index contributed by atoms with van der Waals surface area (Å²) in [5.74, 6) is 0.411. The maximum atomic E-state index is 12.7. The summed E-state index contributed by atoms with van der Waals surface area (Å²) >= 11 is 0. The molecule has 1 heterocycles. The van der Waals surface area contributed by atoms with Crippen LogP contribution in [0.5, 0.6) is 0 Å². The van der Waals surface area contributed by atoms with Gasteiger partial charge in [0.15, 0.2) is 0 Å². The lowest BCUT2D eigenvalue weighted by Crippen LogP contribution is -2.09. The summed E-state index contributed by atoms with van der Waals surface area (Å²) in [7, 11) is 0. The minimum atomic E-state index is -4.39. The minimum absolute atomic E-state index is 0.171. The van der Waals surface area contributed by atoms with Gasteiger partial charge >= 0.3 is 6.18 Å². The van der Waals surface area contributed by atoms with Crippen molar-refractivity contribution in [2.75, 3.05) is 0 Å². The van der Waals surface area contributed by atoms with Crippen LogP contribution in [0, 0.1) is 0 Å². The van der Waals surface area contributed by atoms with Gasteiger partial charge in [0.05, 0.1) is 6.20 Å². The number of aromatic amines is 1. The molecule has 2 aromatic rings. The third kappa shape index (κ3) is 3.16. The molecular formula is C14H15F3N2. The third-order valence-electron chi connectivity index (χ3n) is 3.04. The highest BCUT2D eigenvalue weighted by molar-refractivity contribution is 5.31. The highest BCUT2D eigenvalue weighted by atomic mass is 19.4. The number of H-pyrrole nitrogens is 1. The topological polar surface area (TPSA) is 28.7 Å². The molecule has 0 aliphatic carbocycles. The summed E-state index contributed by atoms with van der Waals surface area (Å²) in [4.78, 5) is 0. The van der Waals surface area contributed by atoms with Crippen molar-refractivity contribution in [2.45, 2.75) is 32.4 Å². The van der Waals surface area contributed by atoms with Crippen LogP contribution >= 0.6 is 0 Å². The molecule has 0 saturated heterocycles. The van der Waals surface area contributed by atoms with E-state index in [1.54, 1.807) is 0 Å². The van der Waals surface area contributed by atoms with Crippen LogP contribution in [0.4, 0.5) is 13.2 Å². The minimum Gasteiger partial charge on any atom is -0.273 e. The van der Waals surface area contributed by atoms with E-state index >= 15 is 0 Å². The van der Waals surface area contributed by atoms with E-state index in [-0.39, 0.29) is 12.0 Å². The van der Waals surface area contributed by atoms with Crippen molar-refractivity contribution >= 4 is 0 Å². The second-order valence-corrected chi connectivity index (χ2v) is 4.84. The maximum absolute atomic E-state index is 12.7. The summed E-state index contributed by atoms with van der Waals surface area (Å²) in [6, 6.07) is 7.63. The molecule has 1 aromatic heterocycles. The van der Waals surface area contributed by atoms with Crippen molar-refractivity contribution < 1.29 is 13.2 Å². The monoisotopic (exact) mass is 268 g/mol. The van der Waals surface area contributed by atoms with Crippen LogP contribution in [0.3, 0.4) is 0 Å². The lowest BCUT2D eigenvalue weighted by atomic mass is 9.99. The molecule has 1 N–H and O–H groups in total. The Balaban J connectivity index is 2.20. The summed E-state index contributed by atoms with van der Waals surface area (Å²) in [6.07, 6.45) is -2.92. The fourth-order valence-electron chi connectivity index (χ4n) is 1.93. The molecule has 0 aliphatic heterocycles. The van der Waals surface area contributed by atoms with Crippen LogP contribution < -0.4 is 0 Å². The molecule has 102 valence electrons. The van der Waals surface area contributed by atoms with Crippen LogP contribution in [0.25, 0.3) is 0 Å². The second-order valence-electron chi connectivity index (χ2n) is 4.84. The van der Waals surface area contributed by atoms with E-state index in [0.29, 0.717) is 5.92 Å². The average molecular weight is 268 g/mol. The molecule has 0 radical (unpaired) electrons. The molecule has 0 bridgehead atoms. The molecule has 0 fully saturated rings. The van der Waals surface area contributed by atoms with Gasteiger partial charge in [-0.05, 0) is 17.0 Å². The van der Waals surface area contributed by atoms with Crippen molar-refractivity contribution in [1.82, 2.24) is 10.2 Å². The zero-order valence-electron chi connectivity index (χ0n) is 10.8. The van der Waals surface area contributed by atoms with E-state index in [0.717, 1.165) is 5.56 Å². The second kappa shape index (κ2) is 5.07. The largest absolute Gasteiger partial charge is 0.433 e. The number of halogens is 3. The van der Waals surface area contributed by atoms with Crippen molar-refractivity contribution in [3.8, 4) is 0 Å². The summed E-state index contributed by atoms with van der Waals surface area (Å²) in [5.41, 5.74) is 1.42. The van der Waals surface area contributed by atoms with E-state index in [9.17, 15) is 13.2 Å². The molecule has 1 aromatic carbocycles. The fourth-order valence-corrected chi connectivity index (χ4v) is 1.93. The van der Waals surface area contributed by atoms with Crippen LogP contribution in [0.1, 0.15) is 42.1 Å². The maximum Gasteiger partial charge on any atom is 0.433 e. The Labute approximate surface area is 109 Å². The number of rotatable bonds is 3. The van der Waals surface area contributed by atoms with Crippen LogP contribution in [-0.2, 0) is 12.6 Å². The van der Waals surface area contributed by atoms with Gasteiger partial charge < -0.3 is 0 Å². The number of benzene rings is 1. The normalized spacial score (nSPS) is 12.1. The van der Waals surface area contributed by atoms with E-state index < -0.39 is 11.9 Å². The smallest absolute Gasteiger partial charge is 0.273 e. The van der Waals surface area contributed by atoms with Gasteiger partial charge in [-0.2, -0.15) is 18.3 Å². The first-order valence-corrected chi connectivity index (χ1v) is 6.06. The van der Waals surface area contributed by atoms with Gasteiger partial charge in [0.25, 0.3) is 0 Å². The molecule has 0 saturated carbocycles. The van der Waals surface area contributed by atoms with E-state index in [4.69, 9.17) is 0 Å². The van der Waals surface area contributed by atoms with Crippen molar-refractivity contribution in [2.24, 2.45) is 0 Å².